The molecule has 1 aliphatic heterocycles. The van der Waals surface area contributed by atoms with E-state index in [0.29, 0.717) is 23.4 Å². The fourth-order valence-corrected chi connectivity index (χ4v) is 5.67. The van der Waals surface area contributed by atoms with Gasteiger partial charge in [0.1, 0.15) is 0 Å². The molecule has 0 bridgehead atoms. The third-order valence-electron chi connectivity index (χ3n) is 5.22. The van der Waals surface area contributed by atoms with Gasteiger partial charge in [-0.25, -0.2) is 13.1 Å². The molecule has 1 aromatic carbocycles. The Morgan fingerprint density at radius 3 is 2.63 bits per heavy atom. The van der Waals surface area contributed by atoms with Crippen molar-refractivity contribution in [1.29, 1.82) is 0 Å². The lowest BCUT2D eigenvalue weighted by Gasteiger charge is -2.33. The average molecular weight is 450 g/mol. The van der Waals surface area contributed by atoms with Gasteiger partial charge < -0.3 is 15.5 Å². The number of guanidine groups is 1. The number of piperidine rings is 1. The van der Waals surface area contributed by atoms with Gasteiger partial charge in [-0.1, -0.05) is 12.1 Å². The monoisotopic (exact) mass is 449 g/mol. The highest BCUT2D eigenvalue weighted by Crippen LogP contribution is 2.24. The van der Waals surface area contributed by atoms with Crippen LogP contribution in [0.1, 0.15) is 24.0 Å². The van der Waals surface area contributed by atoms with Crippen molar-refractivity contribution in [3.63, 3.8) is 0 Å². The van der Waals surface area contributed by atoms with Crippen LogP contribution in [0.4, 0.5) is 5.00 Å². The normalized spacial score (nSPS) is 16.0. The number of nitrogens with one attached hydrogen (secondary N) is 3. The van der Waals surface area contributed by atoms with Crippen molar-refractivity contribution in [3.05, 3.63) is 46.8 Å². The summed E-state index contributed by atoms with van der Waals surface area (Å²) in [6.45, 7) is 6.48. The van der Waals surface area contributed by atoms with Gasteiger partial charge in [0.25, 0.3) is 0 Å². The summed E-state index contributed by atoms with van der Waals surface area (Å²) in [5.74, 6) is 0.704. The van der Waals surface area contributed by atoms with Gasteiger partial charge in [0.15, 0.2) is 5.96 Å². The van der Waals surface area contributed by atoms with Gasteiger partial charge in [0.05, 0.1) is 9.90 Å². The Morgan fingerprint density at radius 2 is 1.97 bits per heavy atom. The molecule has 0 amide bonds. The summed E-state index contributed by atoms with van der Waals surface area (Å²) in [5.41, 5.74) is 1.67. The fraction of sp³-hybridized carbons (Fsp3) is 0.476. The maximum absolute atomic E-state index is 12.6. The van der Waals surface area contributed by atoms with Crippen LogP contribution in [0.25, 0.3) is 0 Å². The number of hydrogen-bond acceptors (Lipinski definition) is 5. The number of rotatable bonds is 7. The molecule has 0 spiro atoms. The lowest BCUT2D eigenvalue weighted by molar-refractivity contribution is 0.463. The van der Waals surface area contributed by atoms with Crippen molar-refractivity contribution in [2.45, 2.75) is 37.6 Å². The summed E-state index contributed by atoms with van der Waals surface area (Å²) < 4.78 is 27.8. The van der Waals surface area contributed by atoms with Gasteiger partial charge in [-0.05, 0) is 61.4 Å². The van der Waals surface area contributed by atoms with Gasteiger partial charge in [0.2, 0.25) is 10.0 Å². The first-order valence-corrected chi connectivity index (χ1v) is 12.6. The van der Waals surface area contributed by atoms with E-state index in [4.69, 9.17) is 0 Å². The summed E-state index contributed by atoms with van der Waals surface area (Å²) in [4.78, 5) is 7.03. The highest BCUT2D eigenvalue weighted by molar-refractivity contribution is 7.89. The zero-order chi connectivity index (χ0) is 21.6. The van der Waals surface area contributed by atoms with E-state index in [1.165, 1.54) is 5.00 Å². The van der Waals surface area contributed by atoms with Gasteiger partial charge in [-0.2, -0.15) is 0 Å². The quantitative estimate of drug-likeness (QED) is 0.344. The smallest absolute Gasteiger partial charge is 0.240 e. The van der Waals surface area contributed by atoms with Crippen LogP contribution < -0.4 is 20.3 Å². The molecule has 164 valence electrons. The fourth-order valence-electron chi connectivity index (χ4n) is 3.52. The molecule has 0 atom stereocenters. The number of nitrogens with zero attached hydrogens (tertiary/aromatic N) is 2. The number of aryl methyl sites for hydroxylation is 2. The number of aliphatic imine (C=N–C) groups is 1. The summed E-state index contributed by atoms with van der Waals surface area (Å²) >= 11 is 1.78. The Hall–Kier alpha value is -2.10. The van der Waals surface area contributed by atoms with Crippen LogP contribution >= 0.6 is 11.3 Å². The zero-order valence-electron chi connectivity index (χ0n) is 17.8. The van der Waals surface area contributed by atoms with E-state index in [-0.39, 0.29) is 6.54 Å². The molecule has 1 saturated heterocycles. The van der Waals surface area contributed by atoms with Crippen molar-refractivity contribution in [1.82, 2.24) is 15.4 Å². The van der Waals surface area contributed by atoms with Gasteiger partial charge in [0, 0.05) is 39.3 Å². The summed E-state index contributed by atoms with van der Waals surface area (Å²) in [6, 6.07) is 10.1. The number of sulfonamides is 1. The van der Waals surface area contributed by atoms with E-state index in [1.807, 2.05) is 26.0 Å². The molecule has 2 heterocycles. The maximum atomic E-state index is 12.6. The van der Waals surface area contributed by atoms with Crippen LogP contribution in [-0.2, 0) is 10.0 Å². The minimum Gasteiger partial charge on any atom is -0.363 e. The van der Waals surface area contributed by atoms with Crippen LogP contribution in [0.15, 0.2) is 45.6 Å². The molecule has 3 rings (SSSR count). The third-order valence-corrected chi connectivity index (χ3v) is 7.75. The predicted octanol–water partition coefficient (Wildman–Crippen LogP) is 2.48. The second kappa shape index (κ2) is 10.3. The number of thiophene rings is 1. The van der Waals surface area contributed by atoms with E-state index in [0.717, 1.165) is 37.1 Å². The topological polar surface area (TPSA) is 85.8 Å². The standard InChI is InChI=1S/C21H31N5O2S2/c1-16-6-7-17(2)19(15-16)30(27,28)24-11-10-23-21(22-3)25-18-8-12-26(13-9-18)20-5-4-14-29-20/h4-7,14-15,18,24H,8-13H2,1-3H3,(H2,22,23,25). The number of hydrogen-bond donors (Lipinski definition) is 3. The van der Waals surface area contributed by atoms with E-state index in [1.54, 1.807) is 24.5 Å². The van der Waals surface area contributed by atoms with Gasteiger partial charge in [-0.3, -0.25) is 4.99 Å². The molecule has 1 aromatic heterocycles. The number of anilines is 1. The molecule has 30 heavy (non-hydrogen) atoms. The lowest BCUT2D eigenvalue weighted by Crippen LogP contribution is -2.49. The molecule has 0 radical (unpaired) electrons. The van der Waals surface area contributed by atoms with E-state index < -0.39 is 10.0 Å². The largest absolute Gasteiger partial charge is 0.363 e. The Morgan fingerprint density at radius 1 is 1.20 bits per heavy atom. The van der Waals surface area contributed by atoms with Crippen LogP contribution in [0.2, 0.25) is 0 Å². The Balaban J connectivity index is 1.42. The molecule has 0 unspecified atom stereocenters. The van der Waals surface area contributed by atoms with Crippen molar-refractivity contribution in [2.75, 3.05) is 38.1 Å². The first-order chi connectivity index (χ1) is 14.4. The average Bonchev–Trinajstić information content (AvgIpc) is 3.27. The van der Waals surface area contributed by atoms with Crippen LogP contribution in [0.3, 0.4) is 0 Å². The summed E-state index contributed by atoms with van der Waals surface area (Å²) in [5, 5.41) is 10.1. The first kappa shape index (κ1) is 22.6. The van der Waals surface area contributed by atoms with Gasteiger partial charge >= 0.3 is 0 Å². The molecular formula is C21H31N5O2S2. The molecule has 3 N–H and O–H groups in total. The summed E-state index contributed by atoms with van der Waals surface area (Å²) in [6.07, 6.45) is 2.08. The molecule has 1 fully saturated rings. The van der Waals surface area contributed by atoms with Crippen molar-refractivity contribution in [2.24, 2.45) is 4.99 Å². The molecular weight excluding hydrogens is 418 g/mol. The summed E-state index contributed by atoms with van der Waals surface area (Å²) in [7, 11) is -1.80. The molecule has 7 nitrogen and oxygen atoms in total. The first-order valence-electron chi connectivity index (χ1n) is 10.2. The molecule has 9 heteroatoms. The predicted molar refractivity (Wildman–Crippen MR) is 125 cm³/mol. The Bertz CT molecular complexity index is 950. The highest BCUT2D eigenvalue weighted by Gasteiger charge is 2.21. The minimum atomic E-state index is -3.53. The Labute approximate surface area is 183 Å². The molecule has 0 saturated carbocycles. The van der Waals surface area contributed by atoms with E-state index >= 15 is 0 Å². The lowest BCUT2D eigenvalue weighted by atomic mass is 10.1. The van der Waals surface area contributed by atoms with Gasteiger partial charge in [-0.15, -0.1) is 11.3 Å². The zero-order valence-corrected chi connectivity index (χ0v) is 19.4. The van der Waals surface area contributed by atoms with E-state index in [9.17, 15) is 8.42 Å². The third kappa shape index (κ3) is 5.96. The van der Waals surface area contributed by atoms with Crippen LogP contribution in [0.5, 0.6) is 0 Å². The molecule has 1 aliphatic rings. The maximum Gasteiger partial charge on any atom is 0.240 e. The van der Waals surface area contributed by atoms with Crippen LogP contribution in [0, 0.1) is 13.8 Å². The van der Waals surface area contributed by atoms with Crippen molar-refractivity contribution < 1.29 is 8.42 Å². The molecule has 2 aromatic rings. The second-order valence-electron chi connectivity index (χ2n) is 7.52. The van der Waals surface area contributed by atoms with Crippen molar-refractivity contribution in [3.8, 4) is 0 Å². The van der Waals surface area contributed by atoms with Crippen LogP contribution in [-0.4, -0.2) is 53.6 Å². The SMILES string of the molecule is CN=C(NCCNS(=O)(=O)c1cc(C)ccc1C)NC1CCN(c2cccs2)CC1. The molecule has 0 aliphatic carbocycles. The van der Waals surface area contributed by atoms with Crippen molar-refractivity contribution >= 4 is 32.3 Å². The Kier molecular flexibility index (Phi) is 7.74. The minimum absolute atomic E-state index is 0.285. The second-order valence-corrected chi connectivity index (χ2v) is 10.2. The highest BCUT2D eigenvalue weighted by atomic mass is 32.2. The number of benzene rings is 1. The van der Waals surface area contributed by atoms with E-state index in [2.05, 4.69) is 42.8 Å².